The number of carboxylic acids is 2. The molecular formula is C49H72O10. The van der Waals surface area contributed by atoms with Crippen molar-refractivity contribution in [2.75, 3.05) is 14.2 Å². The lowest BCUT2D eigenvalue weighted by Crippen LogP contribution is -2.15. The van der Waals surface area contributed by atoms with E-state index in [0.717, 1.165) is 69.8 Å². The lowest BCUT2D eigenvalue weighted by molar-refractivity contribution is -0.139. The van der Waals surface area contributed by atoms with Crippen LogP contribution in [-0.2, 0) is 25.6 Å². The Morgan fingerprint density at radius 1 is 0.458 bits per heavy atom. The van der Waals surface area contributed by atoms with Gasteiger partial charge in [-0.25, -0.2) is 0 Å². The van der Waals surface area contributed by atoms with Crippen molar-refractivity contribution in [3.8, 4) is 23.0 Å². The number of aliphatic carboxylic acids is 2. The van der Waals surface area contributed by atoms with Gasteiger partial charge in [0.25, 0.3) is 0 Å². The summed E-state index contributed by atoms with van der Waals surface area (Å²) >= 11 is 0. The van der Waals surface area contributed by atoms with Crippen molar-refractivity contribution in [2.24, 2.45) is 0 Å². The number of hydrogen-bond acceptors (Lipinski definition) is 8. The number of benzene rings is 1. The summed E-state index contributed by atoms with van der Waals surface area (Å²) in [6.45, 7) is 16.9. The van der Waals surface area contributed by atoms with Gasteiger partial charge in [0.05, 0.1) is 14.2 Å². The van der Waals surface area contributed by atoms with Crippen LogP contribution in [0, 0.1) is 6.92 Å². The molecule has 0 atom stereocenters. The summed E-state index contributed by atoms with van der Waals surface area (Å²) < 4.78 is 22.7. The highest BCUT2D eigenvalue weighted by atomic mass is 16.6. The zero-order valence-electron chi connectivity index (χ0n) is 37.6. The van der Waals surface area contributed by atoms with Gasteiger partial charge in [-0.15, -0.1) is 0 Å². The molecule has 0 fully saturated rings. The van der Waals surface area contributed by atoms with E-state index in [4.69, 9.17) is 29.2 Å². The van der Waals surface area contributed by atoms with Gasteiger partial charge in [0.15, 0.2) is 11.5 Å². The van der Waals surface area contributed by atoms with Crippen LogP contribution in [0.15, 0.2) is 69.9 Å². The molecule has 1 aromatic rings. The molecule has 0 heterocycles. The van der Waals surface area contributed by atoms with Gasteiger partial charge in [0, 0.05) is 36.8 Å². The minimum atomic E-state index is -1.01. The van der Waals surface area contributed by atoms with Crippen LogP contribution in [0.4, 0.5) is 0 Å². The number of hydrogen-bond donors (Lipinski definition) is 2. The molecule has 0 aliphatic rings. The van der Waals surface area contributed by atoms with Crippen LogP contribution >= 0.6 is 0 Å². The monoisotopic (exact) mass is 821 g/mol. The highest BCUT2D eigenvalue weighted by Gasteiger charge is 2.28. The third-order valence-electron chi connectivity index (χ3n) is 9.94. The maximum atomic E-state index is 12.9. The highest BCUT2D eigenvalue weighted by molar-refractivity contribution is 5.80. The zero-order chi connectivity index (χ0) is 44.3. The Kier molecular flexibility index (Phi) is 26.0. The molecule has 0 saturated heterocycles. The van der Waals surface area contributed by atoms with Crippen molar-refractivity contribution < 1.29 is 48.3 Å². The number of ether oxygens (including phenoxy) is 4. The summed E-state index contributed by atoms with van der Waals surface area (Å²) in [4.78, 5) is 47.7. The summed E-state index contributed by atoms with van der Waals surface area (Å²) in [7, 11) is 2.74. The second-order valence-electron chi connectivity index (χ2n) is 15.7. The summed E-state index contributed by atoms with van der Waals surface area (Å²) in [6.07, 6.45) is 23.9. The predicted octanol–water partition coefficient (Wildman–Crippen LogP) is 12.5. The molecule has 0 unspecified atom stereocenters. The van der Waals surface area contributed by atoms with Gasteiger partial charge in [-0.2, -0.15) is 0 Å². The van der Waals surface area contributed by atoms with Crippen molar-refractivity contribution >= 4 is 23.9 Å². The van der Waals surface area contributed by atoms with Crippen LogP contribution < -0.4 is 18.9 Å². The molecule has 0 bridgehead atoms. The van der Waals surface area contributed by atoms with Crippen LogP contribution in [0.25, 0.3) is 0 Å². The van der Waals surface area contributed by atoms with Gasteiger partial charge in [-0.1, -0.05) is 69.9 Å². The number of carbonyl (C=O) groups is 4. The lowest BCUT2D eigenvalue weighted by atomic mass is 9.99. The number of esters is 2. The normalized spacial score (nSPS) is 12.6. The first-order valence-electron chi connectivity index (χ1n) is 21.0. The van der Waals surface area contributed by atoms with Crippen molar-refractivity contribution in [1.29, 1.82) is 0 Å². The smallest absolute Gasteiger partial charge is 0.311 e. The Morgan fingerprint density at radius 2 is 0.797 bits per heavy atom. The number of carbonyl (C=O) groups excluding carboxylic acids is 2. The van der Waals surface area contributed by atoms with E-state index in [0.29, 0.717) is 17.5 Å². The third kappa shape index (κ3) is 22.8. The molecule has 10 heteroatoms. The van der Waals surface area contributed by atoms with Crippen molar-refractivity contribution in [3.05, 3.63) is 81.0 Å². The van der Waals surface area contributed by atoms with Crippen molar-refractivity contribution in [3.63, 3.8) is 0 Å². The summed E-state index contributed by atoms with van der Waals surface area (Å²) in [5.74, 6) is -3.02. The van der Waals surface area contributed by atoms with Crippen LogP contribution in [0.1, 0.15) is 162 Å². The Bertz CT molecular complexity index is 1730. The number of rotatable bonds is 29. The molecule has 2 N–H and O–H groups in total. The minimum Gasteiger partial charge on any atom is -0.490 e. The van der Waals surface area contributed by atoms with Gasteiger partial charge in [-0.05, 0) is 139 Å². The molecule has 59 heavy (non-hydrogen) atoms. The van der Waals surface area contributed by atoms with Gasteiger partial charge in [0.1, 0.15) is 0 Å². The van der Waals surface area contributed by atoms with Gasteiger partial charge < -0.3 is 29.2 Å². The average molecular weight is 821 g/mol. The molecule has 0 radical (unpaired) electrons. The summed E-state index contributed by atoms with van der Waals surface area (Å²) in [5, 5.41) is 18.0. The SMILES string of the molecule is COc1c(OC(=O)CCCC(=O)O)c(C)c(C/C=C(\C)CC/C=C(\C)CC/C=C(\C)CC/C=C(\C)CC/C=C(\C)CCC=C(C)C)c(OC(=O)CCCC(=O)O)c1OC. The summed E-state index contributed by atoms with van der Waals surface area (Å²) in [5.41, 5.74) is 9.20. The van der Waals surface area contributed by atoms with Crippen LogP contribution in [0.2, 0.25) is 0 Å². The average Bonchev–Trinajstić information content (AvgIpc) is 3.15. The van der Waals surface area contributed by atoms with E-state index >= 15 is 0 Å². The first kappa shape index (κ1) is 52.2. The Labute approximate surface area is 354 Å². The number of allylic oxidation sites excluding steroid dienone is 12. The van der Waals surface area contributed by atoms with E-state index in [1.165, 1.54) is 42.1 Å². The predicted molar refractivity (Wildman–Crippen MR) is 237 cm³/mol. The van der Waals surface area contributed by atoms with E-state index in [-0.39, 0.29) is 61.5 Å². The first-order valence-corrected chi connectivity index (χ1v) is 21.0. The highest BCUT2D eigenvalue weighted by Crippen LogP contribution is 2.50. The second kappa shape index (κ2) is 29.4. The summed E-state index contributed by atoms with van der Waals surface area (Å²) in [6, 6.07) is 0. The van der Waals surface area contributed by atoms with Gasteiger partial charge in [-0.3, -0.25) is 19.2 Å². The maximum absolute atomic E-state index is 12.9. The standard InChI is InChI=1S/C49H72O10/c1-34(2)18-11-19-35(3)20-12-21-36(4)22-13-23-37(5)24-14-25-38(6)26-15-27-39(7)32-33-41-40(8)46(58-44(54)30-16-28-42(50)51)48(56-9)49(57-10)47(41)59-45(55)31-17-29-43(52)53/h18,20,22,24,26,32H,11-17,19,21,23,25,27-31,33H2,1-10H3,(H,50,51)(H,52,53)/b35-20+,36-22+,37-24+,38-26+,39-32+. The van der Waals surface area contributed by atoms with E-state index in [1.807, 2.05) is 13.0 Å². The Hall–Kier alpha value is -4.86. The minimum absolute atomic E-state index is 0.0439. The van der Waals surface area contributed by atoms with Gasteiger partial charge >= 0.3 is 23.9 Å². The molecule has 328 valence electrons. The van der Waals surface area contributed by atoms with E-state index in [9.17, 15) is 19.2 Å². The zero-order valence-corrected chi connectivity index (χ0v) is 37.6. The maximum Gasteiger partial charge on any atom is 0.311 e. The van der Waals surface area contributed by atoms with E-state index < -0.39 is 23.9 Å². The van der Waals surface area contributed by atoms with E-state index in [1.54, 1.807) is 6.92 Å². The van der Waals surface area contributed by atoms with Crippen LogP contribution in [0.5, 0.6) is 23.0 Å². The molecule has 0 amide bonds. The first-order chi connectivity index (χ1) is 28.0. The van der Waals surface area contributed by atoms with E-state index in [2.05, 4.69) is 71.9 Å². The van der Waals surface area contributed by atoms with Crippen LogP contribution in [-0.4, -0.2) is 48.3 Å². The Balaban J connectivity index is 2.96. The van der Waals surface area contributed by atoms with Gasteiger partial charge in [0.2, 0.25) is 11.5 Å². The number of methoxy groups -OCH3 is 2. The quantitative estimate of drug-likeness (QED) is 0.0455. The molecule has 0 spiro atoms. The molecular weight excluding hydrogens is 749 g/mol. The fourth-order valence-corrected chi connectivity index (χ4v) is 6.33. The molecule has 1 rings (SSSR count). The molecule has 0 aliphatic heterocycles. The topological polar surface area (TPSA) is 146 Å². The molecule has 10 nitrogen and oxygen atoms in total. The Morgan fingerprint density at radius 3 is 1.15 bits per heavy atom. The number of carboxylic acid groups (broad SMARTS) is 2. The van der Waals surface area contributed by atoms with Crippen molar-refractivity contribution in [1.82, 2.24) is 0 Å². The molecule has 0 aromatic heterocycles. The largest absolute Gasteiger partial charge is 0.490 e. The third-order valence-corrected chi connectivity index (χ3v) is 9.94. The fraction of sp³-hybridized carbons (Fsp3) is 0.551. The lowest BCUT2D eigenvalue weighted by Gasteiger charge is -2.22. The molecule has 0 aliphatic carbocycles. The van der Waals surface area contributed by atoms with Crippen molar-refractivity contribution in [2.45, 2.75) is 165 Å². The molecule has 1 aromatic carbocycles. The molecule has 0 saturated carbocycles. The second-order valence-corrected chi connectivity index (χ2v) is 15.7. The van der Waals surface area contributed by atoms with Crippen LogP contribution in [0.3, 0.4) is 0 Å². The fourth-order valence-electron chi connectivity index (χ4n) is 6.33.